The van der Waals surface area contributed by atoms with Gasteiger partial charge in [0.15, 0.2) is 0 Å². The third kappa shape index (κ3) is 5.40. The number of aryl methyl sites for hydroxylation is 1. The summed E-state index contributed by atoms with van der Waals surface area (Å²) < 4.78 is 26.9. The number of nitrogens with one attached hydrogen (secondary N) is 1. The van der Waals surface area contributed by atoms with E-state index in [1.54, 1.807) is 15.8 Å². The first-order chi connectivity index (χ1) is 19.0. The van der Waals surface area contributed by atoms with Gasteiger partial charge in [-0.25, -0.2) is 9.18 Å². The number of nitrogens with zero attached hydrogens (tertiary/aromatic N) is 4. The molecule has 6 rings (SSSR count). The molecule has 8 nitrogen and oxygen atoms in total. The lowest BCUT2D eigenvalue weighted by Crippen LogP contribution is -2.43. The second kappa shape index (κ2) is 10.9. The quantitative estimate of drug-likeness (QED) is 0.401. The van der Waals surface area contributed by atoms with E-state index in [1.807, 2.05) is 36.5 Å². The van der Waals surface area contributed by atoms with Crippen molar-refractivity contribution < 1.29 is 18.7 Å². The Balaban J connectivity index is 1.26. The lowest BCUT2D eigenvalue weighted by molar-refractivity contribution is 0.133. The number of amides is 1. The summed E-state index contributed by atoms with van der Waals surface area (Å²) in [5, 5.41) is 12.1. The lowest BCUT2D eigenvalue weighted by Gasteiger charge is -2.37. The fraction of sp³-hybridized carbons (Fsp3) is 0.276. The van der Waals surface area contributed by atoms with Gasteiger partial charge in [-0.2, -0.15) is 0 Å². The minimum absolute atomic E-state index is 0.0734. The van der Waals surface area contributed by atoms with Crippen LogP contribution in [0.2, 0.25) is 0 Å². The maximum absolute atomic E-state index is 13.5. The number of benzene rings is 2. The summed E-state index contributed by atoms with van der Waals surface area (Å²) in [6, 6.07) is 12.9. The zero-order valence-electron chi connectivity index (χ0n) is 21.0. The topological polar surface area (TPSA) is 81.5 Å². The maximum atomic E-state index is 13.5. The van der Waals surface area contributed by atoms with E-state index in [9.17, 15) is 9.18 Å². The Bertz CT molecular complexity index is 1440. The van der Waals surface area contributed by atoms with Gasteiger partial charge in [0.2, 0.25) is 0 Å². The molecule has 0 saturated heterocycles. The molecular formula is C29H27ClFN5O3. The number of aromatic nitrogens is 3. The van der Waals surface area contributed by atoms with Crippen LogP contribution < -0.4 is 14.8 Å². The standard InChI is InChI=1S/C29H27ClFN5O3/c30-20-5-10-26-25(18-20)24-11-14-36(29(37)39-22-8-6-21(31)7-9-22)28(27(24)33-26)19-3-1-4-23(17-19)38-16-2-13-35-15-12-32-34-35/h1,3-10,12,15,17-18,25-26,28,33H,2,11,13-14,16H2. The Morgan fingerprint density at radius 3 is 2.87 bits per heavy atom. The van der Waals surface area contributed by atoms with Crippen LogP contribution in [0.15, 0.2) is 95.5 Å². The lowest BCUT2D eigenvalue weighted by atomic mass is 9.85. The molecule has 1 aromatic heterocycles. The van der Waals surface area contributed by atoms with Crippen LogP contribution in [-0.2, 0) is 6.54 Å². The van der Waals surface area contributed by atoms with Gasteiger partial charge in [0.1, 0.15) is 23.4 Å². The van der Waals surface area contributed by atoms with Crippen LogP contribution in [0.4, 0.5) is 9.18 Å². The van der Waals surface area contributed by atoms with E-state index in [0.717, 1.165) is 17.7 Å². The van der Waals surface area contributed by atoms with Crippen LogP contribution in [0.1, 0.15) is 24.4 Å². The van der Waals surface area contributed by atoms with Gasteiger partial charge in [-0.05, 0) is 60.0 Å². The van der Waals surface area contributed by atoms with Crippen LogP contribution in [0, 0.1) is 11.7 Å². The Morgan fingerprint density at radius 2 is 2.05 bits per heavy atom. The second-order valence-corrected chi connectivity index (χ2v) is 10.1. The molecule has 3 atom stereocenters. The molecule has 1 aliphatic carbocycles. The van der Waals surface area contributed by atoms with E-state index < -0.39 is 18.0 Å². The summed E-state index contributed by atoms with van der Waals surface area (Å²) in [6.45, 7) is 1.68. The van der Waals surface area contributed by atoms with Crippen molar-refractivity contribution in [1.29, 1.82) is 0 Å². The van der Waals surface area contributed by atoms with Gasteiger partial charge >= 0.3 is 6.09 Å². The first kappa shape index (κ1) is 25.2. The fourth-order valence-corrected chi connectivity index (χ4v) is 5.59. The highest BCUT2D eigenvalue weighted by Gasteiger charge is 2.43. The summed E-state index contributed by atoms with van der Waals surface area (Å²) in [7, 11) is 0. The monoisotopic (exact) mass is 547 g/mol. The van der Waals surface area contributed by atoms with Gasteiger partial charge in [-0.3, -0.25) is 9.58 Å². The first-order valence-electron chi connectivity index (χ1n) is 12.9. The number of allylic oxidation sites excluding steroid dienone is 2. The predicted octanol–water partition coefficient (Wildman–Crippen LogP) is 5.37. The minimum Gasteiger partial charge on any atom is -0.494 e. The number of hydrogen-bond acceptors (Lipinski definition) is 6. The largest absolute Gasteiger partial charge is 0.494 e. The number of ether oxygens (including phenoxy) is 2. The van der Waals surface area contributed by atoms with Crippen LogP contribution in [-0.4, -0.2) is 45.2 Å². The molecule has 3 aliphatic rings. The van der Waals surface area contributed by atoms with Crippen molar-refractivity contribution in [3.8, 4) is 11.5 Å². The number of halogens is 2. The summed E-state index contributed by atoms with van der Waals surface area (Å²) in [4.78, 5) is 15.2. The molecule has 200 valence electrons. The van der Waals surface area contributed by atoms with Crippen LogP contribution in [0.5, 0.6) is 11.5 Å². The third-order valence-corrected chi connectivity index (χ3v) is 7.42. The predicted molar refractivity (Wildman–Crippen MR) is 144 cm³/mol. The Kier molecular flexibility index (Phi) is 7.06. The molecule has 1 N–H and O–H groups in total. The van der Waals surface area contributed by atoms with Crippen LogP contribution in [0.3, 0.4) is 0 Å². The number of hydrogen-bond donors (Lipinski definition) is 1. The average molecular weight is 548 g/mol. The number of fused-ring (bicyclic) bond motifs is 2. The van der Waals surface area contributed by atoms with E-state index in [-0.39, 0.29) is 17.7 Å². The summed E-state index contributed by atoms with van der Waals surface area (Å²) in [6.07, 6.45) is 10.5. The van der Waals surface area contributed by atoms with Gasteiger partial charge in [-0.15, -0.1) is 5.10 Å². The SMILES string of the molecule is O=C(Oc1ccc(F)cc1)N1CCC2=C(NC3C=CC(Cl)=CC23)C1c1cccc(OCCCn2ccnn2)c1. The molecular weight excluding hydrogens is 521 g/mol. The van der Waals surface area contributed by atoms with Gasteiger partial charge in [0, 0.05) is 42.4 Å². The highest BCUT2D eigenvalue weighted by molar-refractivity contribution is 6.31. The summed E-state index contributed by atoms with van der Waals surface area (Å²) >= 11 is 6.35. The zero-order chi connectivity index (χ0) is 26.8. The molecule has 3 unspecified atom stereocenters. The summed E-state index contributed by atoms with van der Waals surface area (Å²) in [5.74, 6) is 0.738. The minimum atomic E-state index is -0.502. The van der Waals surface area contributed by atoms with Crippen molar-refractivity contribution in [1.82, 2.24) is 25.2 Å². The number of carbonyl (C=O) groups excluding carboxylic acids is 1. The Labute approximate surface area is 230 Å². The molecule has 10 heteroatoms. The van der Waals surface area contributed by atoms with Crippen molar-refractivity contribution in [2.75, 3.05) is 13.2 Å². The van der Waals surface area contributed by atoms with Gasteiger partial charge in [0.05, 0.1) is 18.8 Å². The molecule has 0 spiro atoms. The molecule has 2 aliphatic heterocycles. The van der Waals surface area contributed by atoms with Gasteiger partial charge < -0.3 is 14.8 Å². The molecule has 3 aromatic rings. The zero-order valence-corrected chi connectivity index (χ0v) is 21.8. The van der Waals surface area contributed by atoms with Crippen LogP contribution >= 0.6 is 11.6 Å². The van der Waals surface area contributed by atoms with E-state index in [1.165, 1.54) is 29.8 Å². The molecule has 0 saturated carbocycles. The number of rotatable bonds is 7. The Hall–Kier alpha value is -4.11. The Morgan fingerprint density at radius 1 is 1.18 bits per heavy atom. The summed E-state index contributed by atoms with van der Waals surface area (Å²) in [5.41, 5.74) is 3.11. The number of carbonyl (C=O) groups is 1. The maximum Gasteiger partial charge on any atom is 0.416 e. The van der Waals surface area contributed by atoms with E-state index >= 15 is 0 Å². The molecule has 39 heavy (non-hydrogen) atoms. The molecule has 0 radical (unpaired) electrons. The van der Waals surface area contributed by atoms with E-state index in [2.05, 4.69) is 27.8 Å². The first-order valence-corrected chi connectivity index (χ1v) is 13.3. The van der Waals surface area contributed by atoms with Crippen molar-refractivity contribution in [3.05, 3.63) is 107 Å². The molecule has 3 heterocycles. The van der Waals surface area contributed by atoms with Crippen molar-refractivity contribution in [3.63, 3.8) is 0 Å². The average Bonchev–Trinajstić information content (AvgIpc) is 3.60. The van der Waals surface area contributed by atoms with Gasteiger partial charge in [-0.1, -0.05) is 41.1 Å². The van der Waals surface area contributed by atoms with Crippen molar-refractivity contribution in [2.45, 2.75) is 31.5 Å². The molecule has 2 aromatic carbocycles. The molecule has 1 amide bonds. The fourth-order valence-electron chi connectivity index (χ4n) is 5.38. The normalized spacial score (nSPS) is 21.6. The second-order valence-electron chi connectivity index (χ2n) is 9.65. The van der Waals surface area contributed by atoms with Crippen molar-refractivity contribution >= 4 is 17.7 Å². The highest BCUT2D eigenvalue weighted by atomic mass is 35.5. The third-order valence-electron chi connectivity index (χ3n) is 7.17. The molecule has 0 bridgehead atoms. The van der Waals surface area contributed by atoms with Crippen molar-refractivity contribution in [2.24, 2.45) is 5.92 Å². The van der Waals surface area contributed by atoms with Crippen LogP contribution in [0.25, 0.3) is 0 Å². The van der Waals surface area contributed by atoms with Gasteiger partial charge in [0.25, 0.3) is 0 Å². The van der Waals surface area contributed by atoms with E-state index in [4.69, 9.17) is 21.1 Å². The smallest absolute Gasteiger partial charge is 0.416 e. The molecule has 0 fully saturated rings. The highest BCUT2D eigenvalue weighted by Crippen LogP contribution is 2.45. The van der Waals surface area contributed by atoms with E-state index in [0.29, 0.717) is 36.9 Å².